The zero-order chi connectivity index (χ0) is 9.84. The highest BCUT2D eigenvalue weighted by Crippen LogP contribution is 2.20. The highest BCUT2D eigenvalue weighted by Gasteiger charge is 2.10. The van der Waals surface area contributed by atoms with E-state index >= 15 is 0 Å². The van der Waals surface area contributed by atoms with E-state index < -0.39 is 0 Å². The molecule has 0 aliphatic rings. The standard InChI is InChI=1S/C11H15NO/c1-5-6-12-9(3)11-7-8(2)13-10(11)4/h1,7,9,12H,6H2,2-4H3. The van der Waals surface area contributed by atoms with Crippen molar-refractivity contribution in [3.8, 4) is 12.3 Å². The van der Waals surface area contributed by atoms with Crippen molar-refractivity contribution in [1.82, 2.24) is 5.32 Å². The molecule has 0 spiro atoms. The van der Waals surface area contributed by atoms with Gasteiger partial charge in [-0.15, -0.1) is 6.42 Å². The number of aryl methyl sites for hydroxylation is 2. The summed E-state index contributed by atoms with van der Waals surface area (Å²) in [5.74, 6) is 4.47. The Morgan fingerprint density at radius 1 is 1.62 bits per heavy atom. The molecule has 2 heteroatoms. The van der Waals surface area contributed by atoms with Crippen LogP contribution in [0.2, 0.25) is 0 Å². The summed E-state index contributed by atoms with van der Waals surface area (Å²) >= 11 is 0. The van der Waals surface area contributed by atoms with Crippen molar-refractivity contribution in [2.45, 2.75) is 26.8 Å². The van der Waals surface area contributed by atoms with Crippen LogP contribution in [0.15, 0.2) is 10.5 Å². The highest BCUT2D eigenvalue weighted by molar-refractivity contribution is 5.23. The first-order valence-electron chi connectivity index (χ1n) is 4.39. The molecule has 1 aromatic rings. The first kappa shape index (κ1) is 9.88. The van der Waals surface area contributed by atoms with Gasteiger partial charge in [0.25, 0.3) is 0 Å². The van der Waals surface area contributed by atoms with Crippen LogP contribution in [0.1, 0.15) is 30.0 Å². The Balaban J connectivity index is 2.71. The molecular weight excluding hydrogens is 162 g/mol. The average molecular weight is 177 g/mol. The lowest BCUT2D eigenvalue weighted by atomic mass is 10.1. The quantitative estimate of drug-likeness (QED) is 0.716. The average Bonchev–Trinajstić information content (AvgIpc) is 2.41. The lowest BCUT2D eigenvalue weighted by molar-refractivity contribution is 0.493. The second-order valence-corrected chi connectivity index (χ2v) is 3.18. The van der Waals surface area contributed by atoms with E-state index in [1.165, 1.54) is 5.56 Å². The van der Waals surface area contributed by atoms with Crippen molar-refractivity contribution in [3.63, 3.8) is 0 Å². The van der Waals surface area contributed by atoms with Crippen LogP contribution < -0.4 is 5.32 Å². The van der Waals surface area contributed by atoms with Crippen LogP contribution in [0.3, 0.4) is 0 Å². The highest BCUT2D eigenvalue weighted by atomic mass is 16.3. The van der Waals surface area contributed by atoms with E-state index in [1.807, 2.05) is 19.9 Å². The summed E-state index contributed by atoms with van der Waals surface area (Å²) in [6.45, 7) is 6.58. The van der Waals surface area contributed by atoms with Crippen molar-refractivity contribution in [2.24, 2.45) is 0 Å². The Morgan fingerprint density at radius 2 is 2.31 bits per heavy atom. The maximum Gasteiger partial charge on any atom is 0.105 e. The molecule has 0 saturated carbocycles. The van der Waals surface area contributed by atoms with E-state index in [0.29, 0.717) is 6.54 Å². The number of rotatable bonds is 3. The van der Waals surface area contributed by atoms with Crippen molar-refractivity contribution in [3.05, 3.63) is 23.2 Å². The monoisotopic (exact) mass is 177 g/mol. The maximum absolute atomic E-state index is 5.42. The molecule has 0 aromatic carbocycles. The molecule has 0 saturated heterocycles. The summed E-state index contributed by atoms with van der Waals surface area (Å²) in [6, 6.07) is 2.30. The third kappa shape index (κ3) is 2.37. The molecule has 1 unspecified atom stereocenters. The topological polar surface area (TPSA) is 25.2 Å². The van der Waals surface area contributed by atoms with Gasteiger partial charge in [0.1, 0.15) is 11.5 Å². The van der Waals surface area contributed by atoms with Crippen molar-refractivity contribution >= 4 is 0 Å². The van der Waals surface area contributed by atoms with Gasteiger partial charge in [-0.2, -0.15) is 0 Å². The smallest absolute Gasteiger partial charge is 0.105 e. The summed E-state index contributed by atoms with van der Waals surface area (Å²) in [4.78, 5) is 0. The minimum absolute atomic E-state index is 0.258. The fourth-order valence-electron chi connectivity index (χ4n) is 1.40. The largest absolute Gasteiger partial charge is 0.466 e. The van der Waals surface area contributed by atoms with Crippen molar-refractivity contribution < 1.29 is 4.42 Å². The number of hydrogen-bond acceptors (Lipinski definition) is 2. The molecule has 13 heavy (non-hydrogen) atoms. The van der Waals surface area contributed by atoms with Gasteiger partial charge < -0.3 is 4.42 Å². The van der Waals surface area contributed by atoms with Crippen LogP contribution in [0.25, 0.3) is 0 Å². The van der Waals surface area contributed by atoms with Gasteiger partial charge in [0.05, 0.1) is 6.54 Å². The molecule has 1 heterocycles. The molecule has 0 radical (unpaired) electrons. The molecule has 0 bridgehead atoms. The van der Waals surface area contributed by atoms with E-state index in [9.17, 15) is 0 Å². The van der Waals surface area contributed by atoms with Gasteiger partial charge in [0.2, 0.25) is 0 Å². The van der Waals surface area contributed by atoms with Crippen LogP contribution in [0.4, 0.5) is 0 Å². The fourth-order valence-corrected chi connectivity index (χ4v) is 1.40. The Hall–Kier alpha value is -1.20. The molecule has 1 rings (SSSR count). The van der Waals surface area contributed by atoms with Gasteiger partial charge in [-0.25, -0.2) is 0 Å². The molecule has 1 aromatic heterocycles. The molecule has 0 fully saturated rings. The molecule has 0 amide bonds. The second-order valence-electron chi connectivity index (χ2n) is 3.18. The van der Waals surface area contributed by atoms with Gasteiger partial charge in [-0.3, -0.25) is 5.32 Å². The zero-order valence-corrected chi connectivity index (χ0v) is 8.35. The maximum atomic E-state index is 5.42. The van der Waals surface area contributed by atoms with Gasteiger partial charge in [0.15, 0.2) is 0 Å². The summed E-state index contributed by atoms with van der Waals surface area (Å²) in [5.41, 5.74) is 1.19. The Kier molecular flexibility index (Phi) is 3.16. The Labute approximate surface area is 79.3 Å². The predicted molar refractivity (Wildman–Crippen MR) is 53.4 cm³/mol. The number of terminal acetylenes is 1. The normalized spacial score (nSPS) is 12.5. The zero-order valence-electron chi connectivity index (χ0n) is 8.35. The van der Waals surface area contributed by atoms with E-state index in [4.69, 9.17) is 10.8 Å². The van der Waals surface area contributed by atoms with Gasteiger partial charge in [-0.05, 0) is 26.8 Å². The molecule has 1 N–H and O–H groups in total. The summed E-state index contributed by atoms with van der Waals surface area (Å²) in [5, 5.41) is 3.21. The lowest BCUT2D eigenvalue weighted by Gasteiger charge is -2.09. The third-order valence-electron chi connectivity index (χ3n) is 2.06. The minimum Gasteiger partial charge on any atom is -0.466 e. The van der Waals surface area contributed by atoms with Crippen molar-refractivity contribution in [2.75, 3.05) is 6.54 Å². The molecule has 0 aliphatic carbocycles. The minimum atomic E-state index is 0.258. The molecule has 2 nitrogen and oxygen atoms in total. The summed E-state index contributed by atoms with van der Waals surface area (Å²) in [6.07, 6.45) is 5.16. The van der Waals surface area contributed by atoms with Crippen LogP contribution in [-0.2, 0) is 0 Å². The molecular formula is C11H15NO. The number of nitrogens with one attached hydrogen (secondary N) is 1. The van der Waals surface area contributed by atoms with Gasteiger partial charge in [0, 0.05) is 11.6 Å². The third-order valence-corrected chi connectivity index (χ3v) is 2.06. The van der Waals surface area contributed by atoms with Crippen LogP contribution in [0, 0.1) is 26.2 Å². The van der Waals surface area contributed by atoms with E-state index in [0.717, 1.165) is 11.5 Å². The Bertz CT molecular complexity index is 319. The Morgan fingerprint density at radius 3 is 2.77 bits per heavy atom. The molecule has 70 valence electrons. The SMILES string of the molecule is C#CCNC(C)c1cc(C)oc1C. The number of furan rings is 1. The summed E-state index contributed by atoms with van der Waals surface area (Å²) in [7, 11) is 0. The first-order chi connectivity index (χ1) is 6.15. The molecule has 0 aliphatic heterocycles. The lowest BCUT2D eigenvalue weighted by Crippen LogP contribution is -2.18. The summed E-state index contributed by atoms with van der Waals surface area (Å²) < 4.78 is 5.42. The van der Waals surface area contributed by atoms with Crippen LogP contribution >= 0.6 is 0 Å². The van der Waals surface area contributed by atoms with E-state index in [-0.39, 0.29) is 6.04 Å². The van der Waals surface area contributed by atoms with Gasteiger partial charge in [-0.1, -0.05) is 5.92 Å². The fraction of sp³-hybridized carbons (Fsp3) is 0.455. The molecule has 1 atom stereocenters. The first-order valence-corrected chi connectivity index (χ1v) is 4.39. The van der Waals surface area contributed by atoms with Crippen LogP contribution in [-0.4, -0.2) is 6.54 Å². The van der Waals surface area contributed by atoms with E-state index in [2.05, 4.69) is 18.2 Å². The van der Waals surface area contributed by atoms with E-state index in [1.54, 1.807) is 0 Å². The van der Waals surface area contributed by atoms with Gasteiger partial charge >= 0.3 is 0 Å². The van der Waals surface area contributed by atoms with Crippen molar-refractivity contribution in [1.29, 1.82) is 0 Å². The van der Waals surface area contributed by atoms with Crippen LogP contribution in [0.5, 0.6) is 0 Å². The predicted octanol–water partition coefficient (Wildman–Crippen LogP) is 2.18. The number of hydrogen-bond donors (Lipinski definition) is 1. The second kappa shape index (κ2) is 4.15.